The molecular weight excluding hydrogens is 360 g/mol. The Bertz CT molecular complexity index is 727. The second-order valence-corrected chi connectivity index (χ2v) is 8.86. The number of alkyl carbamates (subject to hydrolysis) is 1. The molecule has 1 aromatic rings. The van der Waals surface area contributed by atoms with Gasteiger partial charge in [0.1, 0.15) is 22.0 Å². The molecule has 0 saturated heterocycles. The third kappa shape index (κ3) is 6.06. The van der Waals surface area contributed by atoms with Crippen LogP contribution in [0.5, 0.6) is 11.5 Å². The van der Waals surface area contributed by atoms with Gasteiger partial charge in [-0.05, 0) is 39.8 Å². The predicted molar refractivity (Wildman–Crippen MR) is 98.2 cm³/mol. The van der Waals surface area contributed by atoms with Crippen molar-refractivity contribution in [2.75, 3.05) is 27.8 Å². The van der Waals surface area contributed by atoms with Gasteiger partial charge in [-0.2, -0.15) is 4.31 Å². The van der Waals surface area contributed by atoms with Gasteiger partial charge in [0.25, 0.3) is 0 Å². The number of hydrogen-bond donors (Lipinski definition) is 1. The molecule has 0 aliphatic rings. The molecule has 0 aliphatic carbocycles. The fourth-order valence-electron chi connectivity index (χ4n) is 2.19. The SMILES string of the molecule is COc1ccc(OC)c(S(=O)(=O)N(C)C[C@H](C)NC(=O)OC(C)(C)C)c1. The van der Waals surface area contributed by atoms with Crippen molar-refractivity contribution in [3.05, 3.63) is 18.2 Å². The van der Waals surface area contributed by atoms with E-state index >= 15 is 0 Å². The van der Waals surface area contributed by atoms with Gasteiger partial charge in [-0.15, -0.1) is 0 Å². The van der Waals surface area contributed by atoms with E-state index in [2.05, 4.69) is 5.32 Å². The van der Waals surface area contributed by atoms with Crippen LogP contribution in [-0.2, 0) is 14.8 Å². The highest BCUT2D eigenvalue weighted by molar-refractivity contribution is 7.89. The summed E-state index contributed by atoms with van der Waals surface area (Å²) in [5.41, 5.74) is -0.629. The van der Waals surface area contributed by atoms with Gasteiger partial charge in [-0.25, -0.2) is 13.2 Å². The van der Waals surface area contributed by atoms with Crippen LogP contribution < -0.4 is 14.8 Å². The molecule has 9 heteroatoms. The van der Waals surface area contributed by atoms with Crippen LogP contribution in [0, 0.1) is 0 Å². The molecule has 1 amide bonds. The first-order valence-corrected chi connectivity index (χ1v) is 9.52. The summed E-state index contributed by atoms with van der Waals surface area (Å²) in [6.45, 7) is 7.01. The molecule has 0 unspecified atom stereocenters. The van der Waals surface area contributed by atoms with Gasteiger partial charge < -0.3 is 19.5 Å². The number of nitrogens with zero attached hydrogens (tertiary/aromatic N) is 1. The Balaban J connectivity index is 2.92. The van der Waals surface area contributed by atoms with Crippen LogP contribution in [0.15, 0.2) is 23.1 Å². The predicted octanol–water partition coefficient (Wildman–Crippen LogP) is 2.24. The van der Waals surface area contributed by atoms with Crippen LogP contribution in [0.25, 0.3) is 0 Å². The maximum atomic E-state index is 12.9. The van der Waals surface area contributed by atoms with Gasteiger partial charge in [0.15, 0.2) is 0 Å². The maximum Gasteiger partial charge on any atom is 0.407 e. The van der Waals surface area contributed by atoms with Crippen LogP contribution in [0.3, 0.4) is 0 Å². The number of hydrogen-bond acceptors (Lipinski definition) is 6. The highest BCUT2D eigenvalue weighted by Crippen LogP contribution is 2.30. The lowest BCUT2D eigenvalue weighted by atomic mass is 10.2. The third-order valence-corrected chi connectivity index (χ3v) is 5.20. The second-order valence-electron chi connectivity index (χ2n) is 6.85. The van der Waals surface area contributed by atoms with Crippen LogP contribution >= 0.6 is 0 Å². The first kappa shape index (κ1) is 22.0. The molecule has 0 fully saturated rings. The normalized spacial score (nSPS) is 13.2. The molecule has 0 bridgehead atoms. The molecule has 26 heavy (non-hydrogen) atoms. The number of benzene rings is 1. The summed E-state index contributed by atoms with van der Waals surface area (Å²) in [7, 11) is 0.437. The van der Waals surface area contributed by atoms with Crippen LogP contribution in [0.1, 0.15) is 27.7 Å². The van der Waals surface area contributed by atoms with Gasteiger partial charge in [0.2, 0.25) is 10.0 Å². The molecule has 0 aromatic heterocycles. The quantitative estimate of drug-likeness (QED) is 0.770. The van der Waals surface area contributed by atoms with Gasteiger partial charge in [0, 0.05) is 25.7 Å². The fourth-order valence-corrected chi connectivity index (χ4v) is 3.62. The van der Waals surface area contributed by atoms with Crippen molar-refractivity contribution >= 4 is 16.1 Å². The number of sulfonamides is 1. The molecule has 8 nitrogen and oxygen atoms in total. The summed E-state index contributed by atoms with van der Waals surface area (Å²) in [4.78, 5) is 11.8. The average Bonchev–Trinajstić information content (AvgIpc) is 2.51. The zero-order chi connectivity index (χ0) is 20.1. The Hall–Kier alpha value is -2.00. The molecule has 1 rings (SSSR count). The van der Waals surface area contributed by atoms with Crippen molar-refractivity contribution in [1.82, 2.24) is 9.62 Å². The highest BCUT2D eigenvalue weighted by atomic mass is 32.2. The number of methoxy groups -OCH3 is 2. The molecule has 0 saturated carbocycles. The lowest BCUT2D eigenvalue weighted by molar-refractivity contribution is 0.0504. The maximum absolute atomic E-state index is 12.9. The monoisotopic (exact) mass is 388 g/mol. The molecular formula is C17H28N2O6S. The van der Waals surface area contributed by atoms with Crippen LogP contribution in [0.4, 0.5) is 4.79 Å². The number of likely N-dealkylation sites (N-methyl/N-ethyl adjacent to an activating group) is 1. The van der Waals surface area contributed by atoms with E-state index in [1.165, 1.54) is 33.4 Å². The molecule has 0 radical (unpaired) electrons. The minimum absolute atomic E-state index is 0.00804. The first-order valence-electron chi connectivity index (χ1n) is 8.08. The van der Waals surface area contributed by atoms with Crippen LogP contribution in [-0.4, -0.2) is 58.3 Å². The average molecular weight is 388 g/mol. The summed E-state index contributed by atoms with van der Waals surface area (Å²) in [5.74, 6) is 0.614. The van der Waals surface area contributed by atoms with Gasteiger partial charge in [-0.1, -0.05) is 0 Å². The second kappa shape index (κ2) is 8.59. The van der Waals surface area contributed by atoms with Gasteiger partial charge in [-0.3, -0.25) is 0 Å². The number of carbonyl (C=O) groups is 1. The number of nitrogens with one attached hydrogen (secondary N) is 1. The Kier molecular flexibility index (Phi) is 7.28. The van der Waals surface area contributed by atoms with E-state index in [4.69, 9.17) is 14.2 Å². The Labute approximate surface area is 155 Å². The minimum Gasteiger partial charge on any atom is -0.497 e. The van der Waals surface area contributed by atoms with Crippen molar-refractivity contribution in [1.29, 1.82) is 0 Å². The van der Waals surface area contributed by atoms with Gasteiger partial charge in [0.05, 0.1) is 14.2 Å². The molecule has 1 aromatic carbocycles. The minimum atomic E-state index is -3.84. The van der Waals surface area contributed by atoms with Gasteiger partial charge >= 0.3 is 6.09 Å². The van der Waals surface area contributed by atoms with Crippen molar-refractivity contribution in [3.63, 3.8) is 0 Å². The summed E-state index contributed by atoms with van der Waals surface area (Å²) in [6.07, 6.45) is -0.602. The highest BCUT2D eigenvalue weighted by Gasteiger charge is 2.27. The molecule has 1 atom stereocenters. The summed E-state index contributed by atoms with van der Waals surface area (Å²) < 4.78 is 42.3. The lowest BCUT2D eigenvalue weighted by Crippen LogP contribution is -2.44. The fraction of sp³-hybridized carbons (Fsp3) is 0.588. The van der Waals surface area contributed by atoms with E-state index in [0.29, 0.717) is 5.75 Å². The Morgan fingerprint density at radius 2 is 1.85 bits per heavy atom. The number of rotatable bonds is 7. The number of carbonyl (C=O) groups excluding carboxylic acids is 1. The zero-order valence-electron chi connectivity index (χ0n) is 16.3. The van der Waals surface area contributed by atoms with E-state index in [1.54, 1.807) is 33.8 Å². The molecule has 1 N–H and O–H groups in total. The summed E-state index contributed by atoms with van der Waals surface area (Å²) in [5, 5.41) is 2.62. The molecule has 0 aliphatic heterocycles. The van der Waals surface area contributed by atoms with E-state index in [9.17, 15) is 13.2 Å². The smallest absolute Gasteiger partial charge is 0.407 e. The van der Waals surface area contributed by atoms with E-state index in [0.717, 1.165) is 4.31 Å². The number of amides is 1. The summed E-state index contributed by atoms with van der Waals surface area (Å²) >= 11 is 0. The van der Waals surface area contributed by atoms with Crippen molar-refractivity contribution in [2.24, 2.45) is 0 Å². The number of ether oxygens (including phenoxy) is 3. The lowest BCUT2D eigenvalue weighted by Gasteiger charge is -2.25. The molecule has 0 spiro atoms. The molecule has 148 valence electrons. The Morgan fingerprint density at radius 1 is 1.23 bits per heavy atom. The van der Waals surface area contributed by atoms with Crippen LogP contribution in [0.2, 0.25) is 0 Å². The Morgan fingerprint density at radius 3 is 2.35 bits per heavy atom. The van der Waals surface area contributed by atoms with Crippen molar-refractivity contribution in [2.45, 2.75) is 44.2 Å². The molecule has 0 heterocycles. The standard InChI is InChI=1S/C17H28N2O6S/c1-12(18-16(20)25-17(2,3)4)11-19(5)26(21,22)15-10-13(23-6)8-9-14(15)24-7/h8-10,12H,11H2,1-7H3,(H,18,20)/t12-/m0/s1. The van der Waals surface area contributed by atoms with Crippen molar-refractivity contribution < 1.29 is 27.4 Å². The topological polar surface area (TPSA) is 94.2 Å². The van der Waals surface area contributed by atoms with E-state index in [-0.39, 0.29) is 17.2 Å². The largest absolute Gasteiger partial charge is 0.497 e. The first-order chi connectivity index (χ1) is 11.9. The van der Waals surface area contributed by atoms with E-state index < -0.39 is 27.8 Å². The summed E-state index contributed by atoms with van der Waals surface area (Å²) in [6, 6.07) is 4.09. The van der Waals surface area contributed by atoms with E-state index in [1.807, 2.05) is 0 Å². The third-order valence-electron chi connectivity index (χ3n) is 3.35. The van der Waals surface area contributed by atoms with Crippen molar-refractivity contribution in [3.8, 4) is 11.5 Å². The zero-order valence-corrected chi connectivity index (χ0v) is 17.1.